The molecule has 1 aliphatic rings. The molecule has 102 valence electrons. The topological polar surface area (TPSA) is 26.0 Å². The van der Waals surface area contributed by atoms with E-state index in [0.29, 0.717) is 6.04 Å². The molecule has 0 saturated heterocycles. The van der Waals surface area contributed by atoms with Gasteiger partial charge < -0.3 is 5.73 Å². The summed E-state index contributed by atoms with van der Waals surface area (Å²) in [5.41, 5.74) is 6.44. The maximum Gasteiger partial charge on any atom is 0.00699 e. The van der Waals surface area contributed by atoms with Gasteiger partial charge in [-0.05, 0) is 37.0 Å². The molecule has 17 heavy (non-hydrogen) atoms. The van der Waals surface area contributed by atoms with Gasteiger partial charge in [0.25, 0.3) is 0 Å². The minimum Gasteiger partial charge on any atom is -0.327 e. The molecule has 0 heterocycles. The first-order valence-electron chi connectivity index (χ1n) is 7.96. The van der Waals surface area contributed by atoms with Crippen LogP contribution < -0.4 is 5.73 Å². The molecule has 1 rings (SSSR count). The molecule has 0 aromatic heterocycles. The Kier molecular flexibility index (Phi) is 7.18. The summed E-state index contributed by atoms with van der Waals surface area (Å²) >= 11 is 0. The average Bonchev–Trinajstić information content (AvgIpc) is 2.83. The highest BCUT2D eigenvalue weighted by Crippen LogP contribution is 2.36. The molecule has 0 aromatic carbocycles. The fourth-order valence-corrected chi connectivity index (χ4v) is 3.43. The Hall–Kier alpha value is -0.0400. The molecule has 0 aliphatic heterocycles. The Morgan fingerprint density at radius 3 is 2.47 bits per heavy atom. The third-order valence-corrected chi connectivity index (χ3v) is 4.91. The Bertz CT molecular complexity index is 190. The van der Waals surface area contributed by atoms with E-state index in [2.05, 4.69) is 20.8 Å². The lowest BCUT2D eigenvalue weighted by molar-refractivity contribution is 0.314. The molecule has 4 atom stereocenters. The lowest BCUT2D eigenvalue weighted by Gasteiger charge is -2.24. The Morgan fingerprint density at radius 1 is 1.18 bits per heavy atom. The maximum atomic E-state index is 6.44. The molecule has 4 unspecified atom stereocenters. The zero-order valence-electron chi connectivity index (χ0n) is 12.3. The molecule has 1 saturated carbocycles. The van der Waals surface area contributed by atoms with Crippen LogP contribution in [0.2, 0.25) is 0 Å². The number of hydrogen-bond donors (Lipinski definition) is 1. The molecule has 1 fully saturated rings. The number of hydrogen-bond acceptors (Lipinski definition) is 1. The van der Waals surface area contributed by atoms with E-state index in [4.69, 9.17) is 5.73 Å². The largest absolute Gasteiger partial charge is 0.327 e. The molecule has 0 aromatic rings. The first-order valence-corrected chi connectivity index (χ1v) is 7.96. The monoisotopic (exact) mass is 239 g/mol. The fourth-order valence-electron chi connectivity index (χ4n) is 3.43. The van der Waals surface area contributed by atoms with Gasteiger partial charge in [-0.25, -0.2) is 0 Å². The summed E-state index contributed by atoms with van der Waals surface area (Å²) in [4.78, 5) is 0. The number of unbranched alkanes of at least 4 members (excludes halogenated alkanes) is 1. The standard InChI is InChI=1S/C16H33N/c1-4-7-8-13(5-2)12-16(17)15-10-9-14(6-3)11-15/h13-16H,4-12,17H2,1-3H3. The van der Waals surface area contributed by atoms with Crippen molar-refractivity contribution >= 4 is 0 Å². The van der Waals surface area contributed by atoms with Crippen molar-refractivity contribution in [2.24, 2.45) is 23.5 Å². The summed E-state index contributed by atoms with van der Waals surface area (Å²) in [6, 6.07) is 0.480. The van der Waals surface area contributed by atoms with E-state index in [9.17, 15) is 0 Å². The van der Waals surface area contributed by atoms with Gasteiger partial charge in [-0.1, -0.05) is 59.3 Å². The van der Waals surface area contributed by atoms with Gasteiger partial charge in [0.15, 0.2) is 0 Å². The van der Waals surface area contributed by atoms with Crippen molar-refractivity contribution in [1.82, 2.24) is 0 Å². The van der Waals surface area contributed by atoms with Gasteiger partial charge in [0, 0.05) is 6.04 Å². The molecule has 0 spiro atoms. The minimum absolute atomic E-state index is 0.480. The van der Waals surface area contributed by atoms with E-state index < -0.39 is 0 Å². The first kappa shape index (κ1) is 15.0. The summed E-state index contributed by atoms with van der Waals surface area (Å²) in [5.74, 6) is 2.68. The van der Waals surface area contributed by atoms with E-state index in [1.165, 1.54) is 57.8 Å². The van der Waals surface area contributed by atoms with Crippen LogP contribution in [0.25, 0.3) is 0 Å². The highest BCUT2D eigenvalue weighted by Gasteiger charge is 2.28. The van der Waals surface area contributed by atoms with Gasteiger partial charge in [-0.15, -0.1) is 0 Å². The highest BCUT2D eigenvalue weighted by atomic mass is 14.7. The lowest BCUT2D eigenvalue weighted by atomic mass is 9.86. The molecule has 0 radical (unpaired) electrons. The van der Waals surface area contributed by atoms with E-state index >= 15 is 0 Å². The van der Waals surface area contributed by atoms with Crippen molar-refractivity contribution in [1.29, 1.82) is 0 Å². The van der Waals surface area contributed by atoms with Crippen LogP contribution in [0.5, 0.6) is 0 Å². The van der Waals surface area contributed by atoms with Crippen molar-refractivity contribution in [3.8, 4) is 0 Å². The van der Waals surface area contributed by atoms with Crippen LogP contribution in [0.1, 0.15) is 78.6 Å². The SMILES string of the molecule is CCCCC(CC)CC(N)C1CCC(CC)C1. The minimum atomic E-state index is 0.480. The second-order valence-electron chi connectivity index (χ2n) is 6.16. The molecule has 1 nitrogen and oxygen atoms in total. The van der Waals surface area contributed by atoms with Crippen molar-refractivity contribution in [3.63, 3.8) is 0 Å². The molecule has 1 heteroatoms. The van der Waals surface area contributed by atoms with Crippen LogP contribution in [0, 0.1) is 17.8 Å². The lowest BCUT2D eigenvalue weighted by Crippen LogP contribution is -2.31. The van der Waals surface area contributed by atoms with Gasteiger partial charge >= 0.3 is 0 Å². The normalized spacial score (nSPS) is 28.2. The quantitative estimate of drug-likeness (QED) is 0.650. The molecular formula is C16H33N. The van der Waals surface area contributed by atoms with Gasteiger partial charge in [0.2, 0.25) is 0 Å². The average molecular weight is 239 g/mol. The number of nitrogens with two attached hydrogens (primary N) is 1. The third kappa shape index (κ3) is 4.99. The molecule has 2 N–H and O–H groups in total. The molecule has 1 aliphatic carbocycles. The fraction of sp³-hybridized carbons (Fsp3) is 1.00. The summed E-state index contributed by atoms with van der Waals surface area (Å²) in [6.07, 6.45) is 12.3. The second-order valence-corrected chi connectivity index (χ2v) is 6.16. The van der Waals surface area contributed by atoms with E-state index in [1.807, 2.05) is 0 Å². The summed E-state index contributed by atoms with van der Waals surface area (Å²) in [7, 11) is 0. The molecular weight excluding hydrogens is 206 g/mol. The molecule has 0 amide bonds. The Labute approximate surface area is 109 Å². The van der Waals surface area contributed by atoms with E-state index in [1.54, 1.807) is 0 Å². The summed E-state index contributed by atoms with van der Waals surface area (Å²) in [6.45, 7) is 6.95. The van der Waals surface area contributed by atoms with Crippen LogP contribution in [0.3, 0.4) is 0 Å². The van der Waals surface area contributed by atoms with Gasteiger partial charge in [0.05, 0.1) is 0 Å². The van der Waals surface area contributed by atoms with Crippen LogP contribution in [0.4, 0.5) is 0 Å². The zero-order valence-corrected chi connectivity index (χ0v) is 12.3. The van der Waals surface area contributed by atoms with Crippen LogP contribution >= 0.6 is 0 Å². The Balaban J connectivity index is 2.29. The zero-order chi connectivity index (χ0) is 12.7. The maximum absolute atomic E-state index is 6.44. The van der Waals surface area contributed by atoms with E-state index in [0.717, 1.165) is 17.8 Å². The van der Waals surface area contributed by atoms with Crippen molar-refractivity contribution in [3.05, 3.63) is 0 Å². The van der Waals surface area contributed by atoms with Crippen LogP contribution in [-0.2, 0) is 0 Å². The van der Waals surface area contributed by atoms with Crippen LogP contribution in [0.15, 0.2) is 0 Å². The van der Waals surface area contributed by atoms with Crippen molar-refractivity contribution in [2.45, 2.75) is 84.6 Å². The Morgan fingerprint density at radius 2 is 1.94 bits per heavy atom. The summed E-state index contributed by atoms with van der Waals surface area (Å²) in [5, 5.41) is 0. The predicted molar refractivity (Wildman–Crippen MR) is 77.0 cm³/mol. The van der Waals surface area contributed by atoms with E-state index in [-0.39, 0.29) is 0 Å². The predicted octanol–water partition coefficient (Wildman–Crippen LogP) is 4.75. The van der Waals surface area contributed by atoms with Gasteiger partial charge in [-0.2, -0.15) is 0 Å². The van der Waals surface area contributed by atoms with Crippen molar-refractivity contribution in [2.75, 3.05) is 0 Å². The highest BCUT2D eigenvalue weighted by molar-refractivity contribution is 4.83. The second kappa shape index (κ2) is 8.13. The van der Waals surface area contributed by atoms with Crippen LogP contribution in [-0.4, -0.2) is 6.04 Å². The van der Waals surface area contributed by atoms with Gasteiger partial charge in [0.1, 0.15) is 0 Å². The first-order chi connectivity index (χ1) is 8.21. The third-order valence-electron chi connectivity index (χ3n) is 4.91. The molecule has 0 bridgehead atoms. The van der Waals surface area contributed by atoms with Gasteiger partial charge in [-0.3, -0.25) is 0 Å². The van der Waals surface area contributed by atoms with Crippen molar-refractivity contribution < 1.29 is 0 Å². The number of rotatable bonds is 8. The summed E-state index contributed by atoms with van der Waals surface area (Å²) < 4.78 is 0. The smallest absolute Gasteiger partial charge is 0.00699 e.